The summed E-state index contributed by atoms with van der Waals surface area (Å²) in [6, 6.07) is 5.75. The van der Waals surface area contributed by atoms with E-state index in [1.165, 1.54) is 18.4 Å². The Hall–Kier alpha value is -1.28. The number of halogens is 4. The third-order valence-electron chi connectivity index (χ3n) is 4.24. The average molecular weight is 393 g/mol. The molecule has 0 saturated carbocycles. The molecule has 25 heavy (non-hydrogen) atoms. The Morgan fingerprint density at radius 3 is 2.48 bits per heavy atom. The predicted molar refractivity (Wildman–Crippen MR) is 95.8 cm³/mol. The van der Waals surface area contributed by atoms with Crippen molar-refractivity contribution in [2.75, 3.05) is 33.3 Å². The highest BCUT2D eigenvalue weighted by molar-refractivity contribution is 7.08. The molecule has 0 bridgehead atoms. The number of ether oxygens (including phenoxy) is 1. The number of alkyl halides is 3. The van der Waals surface area contributed by atoms with Gasteiger partial charge in [0.15, 0.2) is 0 Å². The summed E-state index contributed by atoms with van der Waals surface area (Å²) < 4.78 is 45.9. The molecule has 3 rings (SSSR count). The zero-order valence-corrected chi connectivity index (χ0v) is 15.3. The first-order chi connectivity index (χ1) is 11.5. The summed E-state index contributed by atoms with van der Waals surface area (Å²) in [5.41, 5.74) is 0.553. The van der Waals surface area contributed by atoms with E-state index in [4.69, 9.17) is 4.74 Å². The molecule has 1 aliphatic heterocycles. The summed E-state index contributed by atoms with van der Waals surface area (Å²) in [5.74, 6) is 0.218. The van der Waals surface area contributed by atoms with Crippen LogP contribution in [0.4, 0.5) is 13.2 Å². The molecule has 1 N–H and O–H groups in total. The fourth-order valence-electron chi connectivity index (χ4n) is 3.10. The van der Waals surface area contributed by atoms with E-state index in [9.17, 15) is 13.2 Å². The van der Waals surface area contributed by atoms with Gasteiger partial charge in [-0.15, -0.1) is 12.4 Å². The van der Waals surface area contributed by atoms with E-state index in [-0.39, 0.29) is 23.7 Å². The summed E-state index contributed by atoms with van der Waals surface area (Å²) in [6.07, 6.45) is -4.42. The maximum Gasteiger partial charge on any atom is 0.416 e. The van der Waals surface area contributed by atoms with Gasteiger partial charge in [0, 0.05) is 26.2 Å². The lowest BCUT2D eigenvalue weighted by Crippen LogP contribution is -2.45. The number of hydrogen-bond donors (Lipinski definition) is 1. The fraction of sp³-hybridized carbons (Fsp3) is 0.412. The molecule has 1 aliphatic rings. The number of rotatable bonds is 4. The number of nitrogens with zero attached hydrogens (tertiary/aromatic N) is 1. The maximum absolute atomic E-state index is 13.7. The van der Waals surface area contributed by atoms with E-state index < -0.39 is 17.8 Å². The van der Waals surface area contributed by atoms with Crippen LogP contribution in [0.15, 0.2) is 35.0 Å². The molecule has 1 atom stereocenters. The van der Waals surface area contributed by atoms with Crippen molar-refractivity contribution in [1.82, 2.24) is 10.2 Å². The summed E-state index contributed by atoms with van der Waals surface area (Å²) in [6.45, 7) is 2.98. The molecule has 2 aromatic rings. The molecule has 138 valence electrons. The van der Waals surface area contributed by atoms with Gasteiger partial charge in [0.05, 0.1) is 18.7 Å². The van der Waals surface area contributed by atoms with Gasteiger partial charge in [0.2, 0.25) is 0 Å². The van der Waals surface area contributed by atoms with Gasteiger partial charge in [-0.1, -0.05) is 6.07 Å². The van der Waals surface area contributed by atoms with Crippen molar-refractivity contribution >= 4 is 23.7 Å². The molecule has 0 radical (unpaired) electrons. The van der Waals surface area contributed by atoms with Crippen LogP contribution in [0.3, 0.4) is 0 Å². The lowest BCUT2D eigenvalue weighted by molar-refractivity contribution is -0.138. The first-order valence-corrected chi connectivity index (χ1v) is 8.67. The SMILES string of the molecule is COc1ccc([C@H](c2ccsc2)N2CCNCC2)c(C(F)(F)F)c1.Cl. The van der Waals surface area contributed by atoms with Crippen molar-refractivity contribution in [3.8, 4) is 5.75 Å². The lowest BCUT2D eigenvalue weighted by Gasteiger charge is -2.36. The summed E-state index contributed by atoms with van der Waals surface area (Å²) >= 11 is 1.50. The monoisotopic (exact) mass is 392 g/mol. The van der Waals surface area contributed by atoms with Crippen LogP contribution in [0, 0.1) is 0 Å². The van der Waals surface area contributed by atoms with Gasteiger partial charge in [0.25, 0.3) is 0 Å². The van der Waals surface area contributed by atoms with E-state index in [0.717, 1.165) is 24.7 Å². The van der Waals surface area contributed by atoms with Crippen molar-refractivity contribution in [1.29, 1.82) is 0 Å². The van der Waals surface area contributed by atoms with Crippen LogP contribution in [0.1, 0.15) is 22.7 Å². The summed E-state index contributed by atoms with van der Waals surface area (Å²) in [4.78, 5) is 2.11. The molecule has 3 nitrogen and oxygen atoms in total. The molecule has 8 heteroatoms. The smallest absolute Gasteiger partial charge is 0.416 e. The highest BCUT2D eigenvalue weighted by Crippen LogP contribution is 2.41. The van der Waals surface area contributed by atoms with Gasteiger partial charge in [0.1, 0.15) is 5.75 Å². The van der Waals surface area contributed by atoms with E-state index in [2.05, 4.69) is 10.2 Å². The molecule has 0 spiro atoms. The number of piperazine rings is 1. The van der Waals surface area contributed by atoms with Gasteiger partial charge >= 0.3 is 6.18 Å². The van der Waals surface area contributed by atoms with Gasteiger partial charge in [-0.05, 0) is 40.1 Å². The third kappa shape index (κ3) is 4.47. The normalized spacial score (nSPS) is 17.0. The zero-order chi connectivity index (χ0) is 17.2. The molecular formula is C17H20ClF3N2OS. The fourth-order valence-corrected chi connectivity index (χ4v) is 3.78. The Kier molecular flexibility index (Phi) is 6.73. The zero-order valence-electron chi connectivity index (χ0n) is 13.7. The lowest BCUT2D eigenvalue weighted by atomic mass is 9.93. The van der Waals surface area contributed by atoms with E-state index in [0.29, 0.717) is 13.1 Å². The van der Waals surface area contributed by atoms with Crippen molar-refractivity contribution in [3.63, 3.8) is 0 Å². The van der Waals surface area contributed by atoms with E-state index >= 15 is 0 Å². The Bertz CT molecular complexity index is 673. The number of benzene rings is 1. The quantitative estimate of drug-likeness (QED) is 0.844. The largest absolute Gasteiger partial charge is 0.497 e. The average Bonchev–Trinajstić information content (AvgIpc) is 3.09. The van der Waals surface area contributed by atoms with Crippen LogP contribution in [-0.4, -0.2) is 38.2 Å². The number of hydrogen-bond acceptors (Lipinski definition) is 4. The van der Waals surface area contributed by atoms with Gasteiger partial charge in [-0.2, -0.15) is 24.5 Å². The first-order valence-electron chi connectivity index (χ1n) is 7.72. The van der Waals surface area contributed by atoms with Crippen LogP contribution < -0.4 is 10.1 Å². The second-order valence-electron chi connectivity index (χ2n) is 5.70. The minimum absolute atomic E-state index is 0. The van der Waals surface area contributed by atoms with Crippen molar-refractivity contribution < 1.29 is 17.9 Å². The van der Waals surface area contributed by atoms with Crippen LogP contribution in [0.2, 0.25) is 0 Å². The predicted octanol–water partition coefficient (Wildman–Crippen LogP) is 4.19. The van der Waals surface area contributed by atoms with Crippen molar-refractivity contribution in [2.24, 2.45) is 0 Å². The Morgan fingerprint density at radius 2 is 1.92 bits per heavy atom. The molecule has 2 heterocycles. The summed E-state index contributed by atoms with van der Waals surface area (Å²) in [7, 11) is 1.38. The number of methoxy groups -OCH3 is 1. The van der Waals surface area contributed by atoms with E-state index in [1.54, 1.807) is 12.1 Å². The second kappa shape index (κ2) is 8.40. The molecule has 1 aromatic carbocycles. The molecule has 1 saturated heterocycles. The minimum atomic E-state index is -4.42. The Labute approximate surface area is 155 Å². The second-order valence-corrected chi connectivity index (χ2v) is 6.48. The van der Waals surface area contributed by atoms with Crippen LogP contribution in [-0.2, 0) is 6.18 Å². The van der Waals surface area contributed by atoms with Gasteiger partial charge < -0.3 is 10.1 Å². The highest BCUT2D eigenvalue weighted by Gasteiger charge is 2.38. The Morgan fingerprint density at radius 1 is 1.20 bits per heavy atom. The van der Waals surface area contributed by atoms with Gasteiger partial charge in [-0.3, -0.25) is 4.90 Å². The maximum atomic E-state index is 13.7. The van der Waals surface area contributed by atoms with Crippen molar-refractivity contribution in [3.05, 3.63) is 51.7 Å². The standard InChI is InChI=1S/C17H19F3N2OS.ClH/c1-23-13-2-3-14(15(10-13)17(18,19)20)16(12-4-9-24-11-12)22-7-5-21-6-8-22;/h2-4,9-11,16,21H,5-8H2,1H3;1H/t16-;/m0./s1. The van der Waals surface area contributed by atoms with Gasteiger partial charge in [-0.25, -0.2) is 0 Å². The van der Waals surface area contributed by atoms with Crippen LogP contribution in [0.25, 0.3) is 0 Å². The molecule has 0 aliphatic carbocycles. The van der Waals surface area contributed by atoms with E-state index in [1.807, 2.05) is 16.8 Å². The molecule has 1 aromatic heterocycles. The number of thiophene rings is 1. The van der Waals surface area contributed by atoms with Crippen LogP contribution >= 0.6 is 23.7 Å². The molecule has 0 amide bonds. The topological polar surface area (TPSA) is 24.5 Å². The Balaban J connectivity index is 0.00000225. The first kappa shape index (κ1) is 20.0. The minimum Gasteiger partial charge on any atom is -0.497 e. The number of nitrogens with one attached hydrogen (secondary N) is 1. The van der Waals surface area contributed by atoms with Crippen LogP contribution in [0.5, 0.6) is 5.75 Å². The molecule has 1 fully saturated rings. The summed E-state index contributed by atoms with van der Waals surface area (Å²) in [5, 5.41) is 7.08. The molecular weight excluding hydrogens is 373 g/mol. The van der Waals surface area contributed by atoms with Crippen molar-refractivity contribution in [2.45, 2.75) is 12.2 Å². The highest BCUT2D eigenvalue weighted by atomic mass is 35.5. The molecule has 0 unspecified atom stereocenters. The third-order valence-corrected chi connectivity index (χ3v) is 4.94.